The van der Waals surface area contributed by atoms with Gasteiger partial charge < -0.3 is 10.1 Å². The molecule has 0 aromatic rings. The molecule has 0 aromatic carbocycles. The van der Waals surface area contributed by atoms with Crippen LogP contribution in [0.1, 0.15) is 26.2 Å². The third-order valence-electron chi connectivity index (χ3n) is 3.67. The molecule has 1 saturated carbocycles. The van der Waals surface area contributed by atoms with Gasteiger partial charge in [0.25, 0.3) is 0 Å². The lowest BCUT2D eigenvalue weighted by Crippen LogP contribution is -2.42. The molecule has 0 amide bonds. The largest absolute Gasteiger partial charge is 0.380 e. The lowest BCUT2D eigenvalue weighted by Gasteiger charge is -2.24. The molecule has 3 heteroatoms. The maximum Gasteiger partial charge on any atom is 0.0710 e. The van der Waals surface area contributed by atoms with Crippen molar-refractivity contribution in [2.45, 2.75) is 38.3 Å². The fourth-order valence-corrected chi connectivity index (χ4v) is 2.57. The van der Waals surface area contributed by atoms with Gasteiger partial charge >= 0.3 is 0 Å². The average molecular weight is 212 g/mol. The van der Waals surface area contributed by atoms with Crippen molar-refractivity contribution in [1.82, 2.24) is 10.2 Å². The molecule has 0 radical (unpaired) electrons. The lowest BCUT2D eigenvalue weighted by molar-refractivity contribution is 0.106. The van der Waals surface area contributed by atoms with Gasteiger partial charge in [-0.05, 0) is 31.7 Å². The molecule has 1 N–H and O–H groups in total. The summed E-state index contributed by atoms with van der Waals surface area (Å²) in [6.07, 6.45) is 4.55. The van der Waals surface area contributed by atoms with E-state index in [0.717, 1.165) is 25.0 Å². The Morgan fingerprint density at radius 1 is 1.40 bits per heavy atom. The molecule has 3 nitrogen and oxygen atoms in total. The summed E-state index contributed by atoms with van der Waals surface area (Å²) in [6.45, 7) is 6.87. The molecule has 0 spiro atoms. The number of ether oxygens (including phenoxy) is 1. The minimum Gasteiger partial charge on any atom is -0.380 e. The minimum absolute atomic E-state index is 0.478. The molecule has 0 bridgehead atoms. The summed E-state index contributed by atoms with van der Waals surface area (Å²) in [5.41, 5.74) is 0. The zero-order chi connectivity index (χ0) is 10.7. The van der Waals surface area contributed by atoms with Crippen molar-refractivity contribution in [3.8, 4) is 0 Å². The van der Waals surface area contributed by atoms with Crippen molar-refractivity contribution in [3.05, 3.63) is 0 Å². The van der Waals surface area contributed by atoms with Gasteiger partial charge in [0.05, 0.1) is 6.10 Å². The maximum atomic E-state index is 5.40. The number of likely N-dealkylation sites (tertiary alicyclic amines) is 1. The molecule has 2 fully saturated rings. The second-order valence-corrected chi connectivity index (χ2v) is 4.91. The Morgan fingerprint density at radius 2 is 2.20 bits per heavy atom. The van der Waals surface area contributed by atoms with E-state index in [1.165, 1.54) is 32.4 Å². The average Bonchev–Trinajstić information content (AvgIpc) is 2.99. The highest BCUT2D eigenvalue weighted by atomic mass is 16.5. The molecule has 1 heterocycles. The monoisotopic (exact) mass is 212 g/mol. The van der Waals surface area contributed by atoms with E-state index in [9.17, 15) is 0 Å². The van der Waals surface area contributed by atoms with E-state index >= 15 is 0 Å². The Bertz CT molecular complexity index is 194. The van der Waals surface area contributed by atoms with Gasteiger partial charge in [-0.25, -0.2) is 0 Å². The van der Waals surface area contributed by atoms with Gasteiger partial charge in [-0.1, -0.05) is 6.92 Å². The number of methoxy groups -OCH3 is 1. The van der Waals surface area contributed by atoms with Crippen LogP contribution in [0.25, 0.3) is 0 Å². The van der Waals surface area contributed by atoms with Crippen molar-refractivity contribution < 1.29 is 4.74 Å². The van der Waals surface area contributed by atoms with E-state index < -0.39 is 0 Å². The highest BCUT2D eigenvalue weighted by molar-refractivity contribution is 4.90. The van der Waals surface area contributed by atoms with Crippen LogP contribution in [0.2, 0.25) is 0 Å². The van der Waals surface area contributed by atoms with Crippen LogP contribution >= 0.6 is 0 Å². The first-order valence-corrected chi connectivity index (χ1v) is 6.32. The van der Waals surface area contributed by atoms with Gasteiger partial charge in [0.1, 0.15) is 0 Å². The Labute approximate surface area is 93.2 Å². The summed E-state index contributed by atoms with van der Waals surface area (Å²) in [4.78, 5) is 2.56. The molecule has 0 aromatic heterocycles. The highest BCUT2D eigenvalue weighted by Gasteiger charge is 2.33. The molecule has 1 aliphatic carbocycles. The molecular weight excluding hydrogens is 188 g/mol. The van der Waals surface area contributed by atoms with Crippen LogP contribution in [0.3, 0.4) is 0 Å². The van der Waals surface area contributed by atoms with Crippen molar-refractivity contribution in [1.29, 1.82) is 0 Å². The van der Waals surface area contributed by atoms with Crippen molar-refractivity contribution in [2.24, 2.45) is 5.92 Å². The molecule has 2 aliphatic rings. The second-order valence-electron chi connectivity index (χ2n) is 4.91. The van der Waals surface area contributed by atoms with E-state index in [4.69, 9.17) is 4.74 Å². The smallest absolute Gasteiger partial charge is 0.0710 e. The quantitative estimate of drug-likeness (QED) is 0.713. The summed E-state index contributed by atoms with van der Waals surface area (Å²) in [6, 6.07) is 0.727. The number of rotatable bonds is 6. The van der Waals surface area contributed by atoms with Crippen LogP contribution in [0.15, 0.2) is 0 Å². The standard InChI is InChI=1S/C12H24N2O/c1-3-13-12(10-4-5-10)9-14-7-6-11(8-14)15-2/h10-13H,3-9H2,1-2H3. The molecular formula is C12H24N2O. The molecule has 2 rings (SSSR count). The van der Waals surface area contributed by atoms with Gasteiger partial charge in [0.2, 0.25) is 0 Å². The van der Waals surface area contributed by atoms with Gasteiger partial charge in [-0.3, -0.25) is 4.90 Å². The first-order chi connectivity index (χ1) is 7.33. The Kier molecular flexibility index (Phi) is 4.00. The van der Waals surface area contributed by atoms with Crippen LogP contribution in [0.5, 0.6) is 0 Å². The summed E-state index contributed by atoms with van der Waals surface area (Å²) in [7, 11) is 1.83. The number of nitrogens with zero attached hydrogens (tertiary/aromatic N) is 1. The van der Waals surface area contributed by atoms with E-state index in [1.807, 2.05) is 7.11 Å². The van der Waals surface area contributed by atoms with E-state index in [2.05, 4.69) is 17.1 Å². The summed E-state index contributed by atoms with van der Waals surface area (Å²) in [5.74, 6) is 0.951. The van der Waals surface area contributed by atoms with Gasteiger partial charge in [0.15, 0.2) is 0 Å². The molecule has 15 heavy (non-hydrogen) atoms. The normalized spacial score (nSPS) is 29.6. The first kappa shape index (κ1) is 11.4. The lowest BCUT2D eigenvalue weighted by atomic mass is 10.1. The third-order valence-corrected chi connectivity index (χ3v) is 3.67. The summed E-state index contributed by atoms with van der Waals surface area (Å²) >= 11 is 0. The Hall–Kier alpha value is -0.120. The molecule has 2 atom stereocenters. The molecule has 1 aliphatic heterocycles. The summed E-state index contributed by atoms with van der Waals surface area (Å²) in [5, 5.41) is 3.62. The zero-order valence-electron chi connectivity index (χ0n) is 10.0. The van der Waals surface area contributed by atoms with Crippen LogP contribution in [0.4, 0.5) is 0 Å². The first-order valence-electron chi connectivity index (χ1n) is 6.32. The number of hydrogen-bond donors (Lipinski definition) is 1. The minimum atomic E-state index is 0.478. The Balaban J connectivity index is 1.74. The predicted molar refractivity (Wildman–Crippen MR) is 62.0 cm³/mol. The molecule has 1 saturated heterocycles. The van der Waals surface area contributed by atoms with Gasteiger partial charge in [0, 0.05) is 32.8 Å². The summed E-state index contributed by atoms with van der Waals surface area (Å²) < 4.78 is 5.40. The molecule has 2 unspecified atom stereocenters. The van der Waals surface area contributed by atoms with Crippen LogP contribution < -0.4 is 5.32 Å². The zero-order valence-corrected chi connectivity index (χ0v) is 10.0. The van der Waals surface area contributed by atoms with Crippen LogP contribution in [0, 0.1) is 5.92 Å². The van der Waals surface area contributed by atoms with Crippen LogP contribution in [-0.4, -0.2) is 50.3 Å². The highest BCUT2D eigenvalue weighted by Crippen LogP contribution is 2.33. The SMILES string of the molecule is CCNC(CN1CCC(OC)C1)C1CC1. The van der Waals surface area contributed by atoms with Crippen molar-refractivity contribution in [2.75, 3.05) is 33.3 Å². The van der Waals surface area contributed by atoms with Crippen molar-refractivity contribution in [3.63, 3.8) is 0 Å². The third kappa shape index (κ3) is 3.16. The number of likely N-dealkylation sites (N-methyl/N-ethyl adjacent to an activating group) is 1. The van der Waals surface area contributed by atoms with Crippen LogP contribution in [-0.2, 0) is 4.74 Å². The Morgan fingerprint density at radius 3 is 2.73 bits per heavy atom. The van der Waals surface area contributed by atoms with Gasteiger partial charge in [-0.2, -0.15) is 0 Å². The van der Waals surface area contributed by atoms with E-state index in [1.54, 1.807) is 0 Å². The van der Waals surface area contributed by atoms with Gasteiger partial charge in [-0.15, -0.1) is 0 Å². The maximum absolute atomic E-state index is 5.40. The number of nitrogens with one attached hydrogen (secondary N) is 1. The number of hydrogen-bond acceptors (Lipinski definition) is 3. The second kappa shape index (κ2) is 5.28. The molecule has 88 valence electrons. The van der Waals surface area contributed by atoms with E-state index in [0.29, 0.717) is 6.10 Å². The fourth-order valence-electron chi connectivity index (χ4n) is 2.57. The van der Waals surface area contributed by atoms with Crippen molar-refractivity contribution >= 4 is 0 Å². The fraction of sp³-hybridized carbons (Fsp3) is 1.00. The predicted octanol–water partition coefficient (Wildman–Crippen LogP) is 1.10. The van der Waals surface area contributed by atoms with E-state index in [-0.39, 0.29) is 0 Å². The topological polar surface area (TPSA) is 24.5 Å².